The van der Waals surface area contributed by atoms with E-state index in [1.807, 2.05) is 41.9 Å². The summed E-state index contributed by atoms with van der Waals surface area (Å²) in [6.07, 6.45) is 3.19. The van der Waals surface area contributed by atoms with Gasteiger partial charge in [-0.2, -0.15) is 0 Å². The van der Waals surface area contributed by atoms with Crippen LogP contribution < -0.4 is 10.0 Å². The highest BCUT2D eigenvalue weighted by molar-refractivity contribution is 7.89. The van der Waals surface area contributed by atoms with Gasteiger partial charge in [0.2, 0.25) is 10.0 Å². The number of piperidine rings is 1. The van der Waals surface area contributed by atoms with Gasteiger partial charge in [-0.1, -0.05) is 23.7 Å². The molecule has 4 rings (SSSR count). The number of nitrogens with two attached hydrogens (primary N) is 1. The second-order valence-electron chi connectivity index (χ2n) is 7.27. The van der Waals surface area contributed by atoms with Crippen molar-refractivity contribution in [3.8, 4) is 11.4 Å². The third-order valence-electron chi connectivity index (χ3n) is 5.28. The molecule has 3 heterocycles. The maximum absolute atomic E-state index is 11.3. The van der Waals surface area contributed by atoms with Crippen LogP contribution in [0.25, 0.3) is 22.4 Å². The molecule has 1 fully saturated rings. The lowest BCUT2D eigenvalue weighted by molar-refractivity contribution is 0.434. The summed E-state index contributed by atoms with van der Waals surface area (Å²) in [5.74, 6) is 1.75. The smallest absolute Gasteiger partial charge is 0.209 e. The number of primary sulfonamides is 1. The van der Waals surface area contributed by atoms with Crippen molar-refractivity contribution in [3.63, 3.8) is 0 Å². The number of hydrogen-bond donors (Lipinski definition) is 1. The molecule has 2 N–H and O–H groups in total. The van der Waals surface area contributed by atoms with Crippen LogP contribution >= 0.6 is 11.6 Å². The van der Waals surface area contributed by atoms with Crippen LogP contribution in [0.1, 0.15) is 12.8 Å². The number of aryl methyl sites for hydroxylation is 1. The van der Waals surface area contributed by atoms with E-state index in [0.717, 1.165) is 54.2 Å². The van der Waals surface area contributed by atoms with E-state index in [0.29, 0.717) is 5.02 Å². The van der Waals surface area contributed by atoms with Crippen LogP contribution in [0.15, 0.2) is 36.5 Å². The first-order chi connectivity index (χ1) is 13.3. The summed E-state index contributed by atoms with van der Waals surface area (Å²) in [6, 6.07) is 9.91. The van der Waals surface area contributed by atoms with Gasteiger partial charge in [0.1, 0.15) is 11.6 Å². The van der Waals surface area contributed by atoms with E-state index in [-0.39, 0.29) is 11.7 Å². The van der Waals surface area contributed by atoms with Gasteiger partial charge in [-0.05, 0) is 37.0 Å². The van der Waals surface area contributed by atoms with Crippen molar-refractivity contribution in [2.24, 2.45) is 18.1 Å². The van der Waals surface area contributed by atoms with Crippen LogP contribution in [0.4, 0.5) is 5.82 Å². The fourth-order valence-corrected chi connectivity index (χ4v) is 4.99. The molecule has 0 spiro atoms. The number of halogens is 1. The van der Waals surface area contributed by atoms with Crippen LogP contribution in [0.5, 0.6) is 0 Å². The number of anilines is 1. The van der Waals surface area contributed by atoms with Gasteiger partial charge in [0.05, 0.1) is 21.8 Å². The Morgan fingerprint density at radius 1 is 1.25 bits per heavy atom. The van der Waals surface area contributed by atoms with Crippen molar-refractivity contribution in [1.29, 1.82) is 0 Å². The summed E-state index contributed by atoms with van der Waals surface area (Å²) in [6.45, 7) is 1.47. The number of para-hydroxylation sites is 2. The van der Waals surface area contributed by atoms with Gasteiger partial charge in [-0.15, -0.1) is 0 Å². The molecule has 0 amide bonds. The molecule has 28 heavy (non-hydrogen) atoms. The summed E-state index contributed by atoms with van der Waals surface area (Å²) in [5, 5.41) is 5.73. The minimum atomic E-state index is -3.43. The molecule has 0 bridgehead atoms. The fraction of sp³-hybridized carbons (Fsp3) is 0.368. The number of nitrogens with zero attached hydrogens (tertiary/aromatic N) is 4. The third kappa shape index (κ3) is 3.85. The quantitative estimate of drug-likeness (QED) is 0.701. The van der Waals surface area contributed by atoms with E-state index in [2.05, 4.69) is 9.88 Å². The van der Waals surface area contributed by atoms with Gasteiger partial charge in [0.15, 0.2) is 0 Å². The monoisotopic (exact) mass is 419 g/mol. The Hall–Kier alpha value is -2.16. The zero-order chi connectivity index (χ0) is 19.9. The molecule has 1 aromatic carbocycles. The summed E-state index contributed by atoms with van der Waals surface area (Å²) in [7, 11) is -1.46. The molecule has 148 valence electrons. The summed E-state index contributed by atoms with van der Waals surface area (Å²) in [4.78, 5) is 11.4. The molecule has 0 radical (unpaired) electrons. The Kier molecular flexibility index (Phi) is 5.03. The first-order valence-electron chi connectivity index (χ1n) is 9.14. The van der Waals surface area contributed by atoms with Gasteiger partial charge in [-0.3, -0.25) is 0 Å². The SMILES string of the molecule is Cn1c(-c2cc(N3CCC(CS(N)(=O)=O)CC3)ncc2Cl)nc2ccccc21. The molecule has 2 aromatic heterocycles. The maximum Gasteiger partial charge on any atom is 0.209 e. The van der Waals surface area contributed by atoms with E-state index in [1.54, 1.807) is 6.20 Å². The average Bonchev–Trinajstić information content (AvgIpc) is 2.99. The number of hydrogen-bond acceptors (Lipinski definition) is 5. The lowest BCUT2D eigenvalue weighted by Crippen LogP contribution is -2.37. The van der Waals surface area contributed by atoms with Crippen molar-refractivity contribution in [3.05, 3.63) is 41.6 Å². The molecule has 1 aliphatic heterocycles. The Bertz CT molecular complexity index is 1120. The third-order valence-corrected chi connectivity index (χ3v) is 6.51. The molecule has 1 aliphatic rings. The number of aromatic nitrogens is 3. The summed E-state index contributed by atoms with van der Waals surface area (Å²) < 4.78 is 24.7. The number of sulfonamides is 1. The standard InChI is InChI=1S/C19H22ClN5O2S/c1-24-17-5-3-2-4-16(17)23-19(24)14-10-18(22-11-15(14)20)25-8-6-13(7-9-25)12-28(21,26)27/h2-5,10-11,13H,6-9,12H2,1H3,(H2,21,26,27). The number of rotatable bonds is 4. The van der Waals surface area contributed by atoms with Crippen LogP contribution in [-0.4, -0.2) is 41.8 Å². The van der Waals surface area contributed by atoms with Gasteiger partial charge < -0.3 is 9.47 Å². The second kappa shape index (κ2) is 7.35. The van der Waals surface area contributed by atoms with Crippen LogP contribution in [0.3, 0.4) is 0 Å². The number of imidazole rings is 1. The molecule has 3 aromatic rings. The van der Waals surface area contributed by atoms with Gasteiger partial charge in [0.25, 0.3) is 0 Å². The van der Waals surface area contributed by atoms with Crippen molar-refractivity contribution in [2.75, 3.05) is 23.7 Å². The maximum atomic E-state index is 11.3. The normalized spacial score (nSPS) is 16.0. The fourth-order valence-electron chi connectivity index (χ4n) is 3.82. The van der Waals surface area contributed by atoms with Crippen LogP contribution in [-0.2, 0) is 17.1 Å². The predicted molar refractivity (Wildman–Crippen MR) is 112 cm³/mol. The second-order valence-corrected chi connectivity index (χ2v) is 9.33. The lowest BCUT2D eigenvalue weighted by atomic mass is 9.99. The van der Waals surface area contributed by atoms with E-state index < -0.39 is 10.0 Å². The topological polar surface area (TPSA) is 94.1 Å². The Balaban J connectivity index is 1.60. The largest absolute Gasteiger partial charge is 0.357 e. The summed E-state index contributed by atoms with van der Waals surface area (Å²) >= 11 is 6.45. The minimum Gasteiger partial charge on any atom is -0.357 e. The Morgan fingerprint density at radius 2 is 1.96 bits per heavy atom. The first-order valence-corrected chi connectivity index (χ1v) is 11.2. The van der Waals surface area contributed by atoms with Crippen molar-refractivity contribution in [1.82, 2.24) is 14.5 Å². The zero-order valence-corrected chi connectivity index (χ0v) is 17.1. The van der Waals surface area contributed by atoms with Crippen LogP contribution in [0.2, 0.25) is 5.02 Å². The highest BCUT2D eigenvalue weighted by Gasteiger charge is 2.24. The molecular formula is C19H22ClN5O2S. The highest BCUT2D eigenvalue weighted by Crippen LogP contribution is 2.32. The molecular weight excluding hydrogens is 398 g/mol. The predicted octanol–water partition coefficient (Wildman–Crippen LogP) is 2.79. The Labute approximate surface area is 169 Å². The zero-order valence-electron chi connectivity index (χ0n) is 15.5. The van der Waals surface area contributed by atoms with Crippen molar-refractivity contribution >= 4 is 38.5 Å². The number of benzene rings is 1. The molecule has 0 unspecified atom stereocenters. The van der Waals surface area contributed by atoms with Gasteiger partial charge in [-0.25, -0.2) is 23.5 Å². The average molecular weight is 420 g/mol. The van der Waals surface area contributed by atoms with E-state index in [1.165, 1.54) is 0 Å². The summed E-state index contributed by atoms with van der Waals surface area (Å²) in [5.41, 5.74) is 2.78. The van der Waals surface area contributed by atoms with Gasteiger partial charge >= 0.3 is 0 Å². The molecule has 1 saturated heterocycles. The first kappa shape index (κ1) is 19.2. The van der Waals surface area contributed by atoms with E-state index >= 15 is 0 Å². The van der Waals surface area contributed by atoms with Crippen molar-refractivity contribution < 1.29 is 8.42 Å². The van der Waals surface area contributed by atoms with Gasteiger partial charge in [0, 0.05) is 31.9 Å². The number of pyridine rings is 1. The molecule has 0 aliphatic carbocycles. The lowest BCUT2D eigenvalue weighted by Gasteiger charge is -2.32. The Morgan fingerprint density at radius 3 is 2.64 bits per heavy atom. The molecule has 0 saturated carbocycles. The minimum absolute atomic E-state index is 0.0417. The molecule has 7 nitrogen and oxygen atoms in total. The van der Waals surface area contributed by atoms with E-state index in [9.17, 15) is 8.42 Å². The van der Waals surface area contributed by atoms with Crippen molar-refractivity contribution in [2.45, 2.75) is 12.8 Å². The van der Waals surface area contributed by atoms with E-state index in [4.69, 9.17) is 21.7 Å². The number of fused-ring (bicyclic) bond motifs is 1. The molecule has 0 atom stereocenters. The molecule has 9 heteroatoms. The van der Waals surface area contributed by atoms with Crippen LogP contribution in [0, 0.1) is 5.92 Å². The highest BCUT2D eigenvalue weighted by atomic mass is 35.5.